The molecule has 5 rings (SSSR count). The molecule has 2 aliphatic rings. The molecule has 0 spiro atoms. The van der Waals surface area contributed by atoms with Crippen molar-refractivity contribution in [2.24, 2.45) is 5.73 Å². The van der Waals surface area contributed by atoms with E-state index < -0.39 is 0 Å². The van der Waals surface area contributed by atoms with Crippen molar-refractivity contribution in [3.63, 3.8) is 0 Å². The lowest BCUT2D eigenvalue weighted by atomic mass is 9.95. The Morgan fingerprint density at radius 3 is 2.87 bits per heavy atom. The van der Waals surface area contributed by atoms with Gasteiger partial charge in [0.05, 0.1) is 17.6 Å². The van der Waals surface area contributed by atoms with Gasteiger partial charge in [-0.3, -0.25) is 9.38 Å². The molecule has 156 valence electrons. The number of rotatable bonds is 4. The fourth-order valence-corrected chi connectivity index (χ4v) is 4.71. The highest BCUT2D eigenvalue weighted by molar-refractivity contribution is 5.67. The minimum Gasteiger partial charge on any atom is -0.381 e. The molecule has 0 radical (unpaired) electrons. The SMILES string of the molecule is Nc1nccn2c(Cc3cc(C4=CCCCC4)ncc3N3CCC[C@@H](N)C3)cnc12. The van der Waals surface area contributed by atoms with E-state index in [9.17, 15) is 0 Å². The Kier molecular flexibility index (Phi) is 5.12. The zero-order valence-corrected chi connectivity index (χ0v) is 17.3. The number of allylic oxidation sites excluding steroid dienone is 2. The minimum atomic E-state index is 0.217. The van der Waals surface area contributed by atoms with Crippen molar-refractivity contribution < 1.29 is 0 Å². The van der Waals surface area contributed by atoms with Crippen molar-refractivity contribution in [3.05, 3.63) is 53.9 Å². The predicted octanol–water partition coefficient (Wildman–Crippen LogP) is 3.18. The molecule has 0 bridgehead atoms. The van der Waals surface area contributed by atoms with Crippen LogP contribution in [0.2, 0.25) is 0 Å². The lowest BCUT2D eigenvalue weighted by Gasteiger charge is -2.34. The number of pyridine rings is 1. The van der Waals surface area contributed by atoms with Crippen molar-refractivity contribution in [2.75, 3.05) is 23.7 Å². The summed E-state index contributed by atoms with van der Waals surface area (Å²) in [6.45, 7) is 1.90. The fraction of sp³-hybridized carbons (Fsp3) is 0.435. The highest BCUT2D eigenvalue weighted by Crippen LogP contribution is 2.31. The van der Waals surface area contributed by atoms with Gasteiger partial charge >= 0.3 is 0 Å². The van der Waals surface area contributed by atoms with E-state index in [1.165, 1.54) is 29.7 Å². The van der Waals surface area contributed by atoms with E-state index >= 15 is 0 Å². The molecule has 3 aromatic heterocycles. The van der Waals surface area contributed by atoms with Gasteiger partial charge in [0.15, 0.2) is 11.5 Å². The molecule has 1 atom stereocenters. The van der Waals surface area contributed by atoms with E-state index in [2.05, 4.69) is 33.2 Å². The maximum absolute atomic E-state index is 6.28. The van der Waals surface area contributed by atoms with Crippen molar-refractivity contribution in [3.8, 4) is 0 Å². The first-order chi connectivity index (χ1) is 14.7. The third-order valence-corrected chi connectivity index (χ3v) is 6.29. The van der Waals surface area contributed by atoms with Crippen molar-refractivity contribution >= 4 is 22.7 Å². The number of fused-ring (bicyclic) bond motifs is 1. The molecular weight excluding hydrogens is 374 g/mol. The normalized spacial score (nSPS) is 19.8. The Morgan fingerprint density at radius 2 is 2.03 bits per heavy atom. The van der Waals surface area contributed by atoms with Crippen LogP contribution in [0.25, 0.3) is 11.2 Å². The van der Waals surface area contributed by atoms with E-state index in [1.54, 1.807) is 6.20 Å². The minimum absolute atomic E-state index is 0.217. The Morgan fingerprint density at radius 1 is 1.10 bits per heavy atom. The first kappa shape index (κ1) is 19.1. The molecule has 1 aliphatic heterocycles. The number of aromatic nitrogens is 4. The smallest absolute Gasteiger partial charge is 0.180 e. The third kappa shape index (κ3) is 3.65. The first-order valence-corrected chi connectivity index (χ1v) is 10.9. The molecular formula is C23H29N7. The van der Waals surface area contributed by atoms with Gasteiger partial charge < -0.3 is 16.4 Å². The monoisotopic (exact) mass is 403 g/mol. The number of hydrogen-bond acceptors (Lipinski definition) is 6. The number of piperidine rings is 1. The van der Waals surface area contributed by atoms with Crippen molar-refractivity contribution in [2.45, 2.75) is 51.0 Å². The van der Waals surface area contributed by atoms with Gasteiger partial charge in [-0.25, -0.2) is 9.97 Å². The Balaban J connectivity index is 1.55. The first-order valence-electron chi connectivity index (χ1n) is 10.9. The summed E-state index contributed by atoms with van der Waals surface area (Å²) in [5.74, 6) is 0.453. The number of nitrogens with zero attached hydrogens (tertiary/aromatic N) is 5. The Hall–Kier alpha value is -2.93. The Bertz CT molecular complexity index is 1080. The standard InChI is InChI=1S/C23H29N7/c24-18-7-4-9-29(15-18)21-14-27-20(16-5-2-1-3-6-16)12-17(21)11-19-13-28-23-22(25)26-8-10-30(19)23/h5,8,10,12-14,18H,1-4,6-7,9,11,15,24H2,(H2,25,26)/t18-/m1/s1. The summed E-state index contributed by atoms with van der Waals surface area (Å²) < 4.78 is 2.04. The molecule has 7 nitrogen and oxygen atoms in total. The molecule has 4 N–H and O–H groups in total. The number of imidazole rings is 1. The highest BCUT2D eigenvalue weighted by Gasteiger charge is 2.21. The molecule has 4 heterocycles. The number of nitrogens with two attached hydrogens (primary N) is 2. The topological polar surface area (TPSA) is 98.4 Å². The van der Waals surface area contributed by atoms with Gasteiger partial charge in [0, 0.05) is 49.8 Å². The number of nitrogen functional groups attached to an aromatic ring is 1. The van der Waals surface area contributed by atoms with Crippen LogP contribution in [-0.2, 0) is 6.42 Å². The van der Waals surface area contributed by atoms with E-state index in [4.69, 9.17) is 16.5 Å². The van der Waals surface area contributed by atoms with Crippen LogP contribution in [-0.4, -0.2) is 38.5 Å². The maximum Gasteiger partial charge on any atom is 0.180 e. The van der Waals surface area contributed by atoms with Crippen molar-refractivity contribution in [1.29, 1.82) is 0 Å². The van der Waals surface area contributed by atoms with Crippen LogP contribution >= 0.6 is 0 Å². The van der Waals surface area contributed by atoms with Crippen LogP contribution in [0.5, 0.6) is 0 Å². The van der Waals surface area contributed by atoms with E-state index in [0.29, 0.717) is 11.5 Å². The summed E-state index contributed by atoms with van der Waals surface area (Å²) in [5.41, 5.74) is 19.0. The lowest BCUT2D eigenvalue weighted by Crippen LogP contribution is -2.43. The number of anilines is 2. The van der Waals surface area contributed by atoms with Gasteiger partial charge in [0.25, 0.3) is 0 Å². The zero-order chi connectivity index (χ0) is 20.5. The summed E-state index contributed by atoms with van der Waals surface area (Å²) in [5, 5.41) is 0. The average Bonchev–Trinajstić information content (AvgIpc) is 3.18. The third-order valence-electron chi connectivity index (χ3n) is 6.29. The fourth-order valence-electron chi connectivity index (χ4n) is 4.71. The summed E-state index contributed by atoms with van der Waals surface area (Å²) in [4.78, 5) is 15.9. The second-order valence-electron chi connectivity index (χ2n) is 8.45. The molecule has 1 saturated heterocycles. The molecule has 0 saturated carbocycles. The second kappa shape index (κ2) is 8.07. The van der Waals surface area contributed by atoms with Gasteiger partial charge in [-0.2, -0.15) is 0 Å². The zero-order valence-electron chi connectivity index (χ0n) is 17.3. The Labute approximate surface area is 176 Å². The lowest BCUT2D eigenvalue weighted by molar-refractivity contribution is 0.505. The van der Waals surface area contributed by atoms with Crippen LogP contribution in [0.15, 0.2) is 36.9 Å². The van der Waals surface area contributed by atoms with Gasteiger partial charge in [-0.15, -0.1) is 0 Å². The quantitative estimate of drug-likeness (QED) is 0.694. The van der Waals surface area contributed by atoms with Gasteiger partial charge in [-0.05, 0) is 55.7 Å². The molecule has 30 heavy (non-hydrogen) atoms. The highest BCUT2D eigenvalue weighted by atomic mass is 15.2. The summed E-state index contributed by atoms with van der Waals surface area (Å²) >= 11 is 0. The van der Waals surface area contributed by atoms with Crippen LogP contribution < -0.4 is 16.4 Å². The molecule has 7 heteroatoms. The summed E-state index contributed by atoms with van der Waals surface area (Å²) in [6.07, 6.45) is 17.7. The molecule has 0 unspecified atom stereocenters. The van der Waals surface area contributed by atoms with E-state index in [1.807, 2.05) is 16.8 Å². The largest absolute Gasteiger partial charge is 0.381 e. The maximum atomic E-state index is 6.28. The predicted molar refractivity (Wildman–Crippen MR) is 120 cm³/mol. The molecule has 1 aliphatic carbocycles. The van der Waals surface area contributed by atoms with Crippen LogP contribution in [0.3, 0.4) is 0 Å². The molecule has 1 fully saturated rings. The van der Waals surface area contributed by atoms with Crippen LogP contribution in [0.4, 0.5) is 11.5 Å². The van der Waals surface area contributed by atoms with Gasteiger partial charge in [0.1, 0.15) is 0 Å². The number of hydrogen-bond donors (Lipinski definition) is 2. The van der Waals surface area contributed by atoms with Gasteiger partial charge in [-0.1, -0.05) is 6.08 Å². The van der Waals surface area contributed by atoms with Crippen molar-refractivity contribution in [1.82, 2.24) is 19.4 Å². The summed E-state index contributed by atoms with van der Waals surface area (Å²) in [6, 6.07) is 2.49. The second-order valence-corrected chi connectivity index (χ2v) is 8.45. The van der Waals surface area contributed by atoms with E-state index in [0.717, 1.165) is 56.6 Å². The molecule has 0 amide bonds. The van der Waals surface area contributed by atoms with Crippen LogP contribution in [0.1, 0.15) is 55.5 Å². The van der Waals surface area contributed by atoms with E-state index in [-0.39, 0.29) is 6.04 Å². The average molecular weight is 404 g/mol. The summed E-state index contributed by atoms with van der Waals surface area (Å²) in [7, 11) is 0. The molecule has 0 aromatic carbocycles. The van der Waals surface area contributed by atoms with Gasteiger partial charge in [0.2, 0.25) is 0 Å². The molecule has 3 aromatic rings. The van der Waals surface area contributed by atoms with Crippen LogP contribution in [0, 0.1) is 0 Å².